The molecule has 1 N–H and O–H groups in total. The van der Waals surface area contributed by atoms with Crippen LogP contribution in [0.25, 0.3) is 0 Å². The van der Waals surface area contributed by atoms with Gasteiger partial charge in [-0.05, 0) is 17.7 Å². The van der Waals surface area contributed by atoms with E-state index in [2.05, 4.69) is 10.1 Å². The quantitative estimate of drug-likeness (QED) is 0.812. The first-order valence-corrected chi connectivity index (χ1v) is 5.34. The molecule has 6 nitrogen and oxygen atoms in total. The summed E-state index contributed by atoms with van der Waals surface area (Å²) in [5, 5.41) is 2.57. The van der Waals surface area contributed by atoms with Crippen molar-refractivity contribution >= 4 is 12.1 Å². The molecule has 18 heavy (non-hydrogen) atoms. The van der Waals surface area contributed by atoms with E-state index in [-0.39, 0.29) is 0 Å². The van der Waals surface area contributed by atoms with Gasteiger partial charge in [0, 0.05) is 0 Å². The first-order chi connectivity index (χ1) is 8.65. The monoisotopic (exact) mass is 251 g/mol. The highest BCUT2D eigenvalue weighted by molar-refractivity contribution is 5.83. The molecule has 2 rings (SSSR count). The minimum atomic E-state index is -0.962. The van der Waals surface area contributed by atoms with Crippen LogP contribution < -0.4 is 10.1 Å². The molecule has 1 amide bonds. The second-order valence-corrected chi connectivity index (χ2v) is 3.74. The van der Waals surface area contributed by atoms with E-state index >= 15 is 0 Å². The van der Waals surface area contributed by atoms with Crippen LogP contribution in [0.4, 0.5) is 4.79 Å². The number of cyclic esters (lactones) is 1. The molecule has 2 atom stereocenters. The highest BCUT2D eigenvalue weighted by Crippen LogP contribution is 2.27. The van der Waals surface area contributed by atoms with Gasteiger partial charge >= 0.3 is 12.1 Å². The lowest BCUT2D eigenvalue weighted by Gasteiger charge is -2.15. The van der Waals surface area contributed by atoms with Crippen molar-refractivity contribution < 1.29 is 23.8 Å². The second kappa shape index (κ2) is 4.95. The molecule has 1 saturated heterocycles. The molecule has 0 radical (unpaired) electrons. The minimum absolute atomic E-state index is 0.546. The Labute approximate surface area is 104 Å². The van der Waals surface area contributed by atoms with Crippen molar-refractivity contribution in [2.24, 2.45) is 0 Å². The smallest absolute Gasteiger partial charge is 0.408 e. The fourth-order valence-corrected chi connectivity index (χ4v) is 1.79. The summed E-state index contributed by atoms with van der Waals surface area (Å²) in [7, 11) is 2.81. The number of esters is 1. The number of rotatable bonds is 3. The molecule has 1 aromatic carbocycles. The van der Waals surface area contributed by atoms with E-state index in [1.807, 2.05) is 0 Å². The summed E-state index contributed by atoms with van der Waals surface area (Å²) in [6, 6.07) is 6.46. The Morgan fingerprint density at radius 1 is 1.28 bits per heavy atom. The zero-order chi connectivity index (χ0) is 13.1. The van der Waals surface area contributed by atoms with Gasteiger partial charge in [-0.1, -0.05) is 12.1 Å². The Morgan fingerprint density at radius 3 is 2.50 bits per heavy atom. The maximum Gasteiger partial charge on any atom is 0.408 e. The standard InChI is InChI=1S/C12H13NO5/c1-16-8-5-3-7(4-6-8)9-10(11(14)17-2)18-12(15)13-9/h3-6,9-10H,1-2H3,(H,13,15)/t9-,10-/m1/s1. The Balaban J connectivity index is 2.23. The van der Waals surface area contributed by atoms with E-state index in [0.717, 1.165) is 5.56 Å². The first kappa shape index (κ1) is 12.2. The number of carbonyl (C=O) groups excluding carboxylic acids is 2. The summed E-state index contributed by atoms with van der Waals surface area (Å²) in [6.07, 6.45) is -1.60. The van der Waals surface area contributed by atoms with E-state index in [4.69, 9.17) is 9.47 Å². The average Bonchev–Trinajstić information content (AvgIpc) is 2.80. The Hall–Kier alpha value is -2.24. The van der Waals surface area contributed by atoms with Crippen molar-refractivity contribution in [1.29, 1.82) is 0 Å². The van der Waals surface area contributed by atoms with Crippen LogP contribution >= 0.6 is 0 Å². The number of benzene rings is 1. The van der Waals surface area contributed by atoms with Gasteiger partial charge in [-0.3, -0.25) is 0 Å². The predicted molar refractivity (Wildman–Crippen MR) is 61.2 cm³/mol. The van der Waals surface area contributed by atoms with Crippen LogP contribution in [-0.2, 0) is 14.3 Å². The largest absolute Gasteiger partial charge is 0.497 e. The lowest BCUT2D eigenvalue weighted by Crippen LogP contribution is -2.30. The lowest BCUT2D eigenvalue weighted by molar-refractivity contribution is -0.149. The number of carbonyl (C=O) groups is 2. The molecular weight excluding hydrogens is 238 g/mol. The first-order valence-electron chi connectivity index (χ1n) is 5.34. The van der Waals surface area contributed by atoms with Crippen LogP contribution in [0.1, 0.15) is 11.6 Å². The van der Waals surface area contributed by atoms with Crippen molar-refractivity contribution in [3.63, 3.8) is 0 Å². The Kier molecular flexibility index (Phi) is 3.36. The maximum atomic E-state index is 11.5. The maximum absolute atomic E-state index is 11.5. The van der Waals surface area contributed by atoms with E-state index in [0.29, 0.717) is 5.75 Å². The van der Waals surface area contributed by atoms with Crippen LogP contribution in [0.2, 0.25) is 0 Å². The zero-order valence-electron chi connectivity index (χ0n) is 10.0. The molecule has 0 saturated carbocycles. The van der Waals surface area contributed by atoms with Crippen LogP contribution in [-0.4, -0.2) is 32.4 Å². The highest BCUT2D eigenvalue weighted by Gasteiger charge is 2.41. The van der Waals surface area contributed by atoms with E-state index < -0.39 is 24.2 Å². The number of methoxy groups -OCH3 is 2. The summed E-state index contributed by atoms with van der Waals surface area (Å²) in [6.45, 7) is 0. The van der Waals surface area contributed by atoms with Crippen LogP contribution in [0.5, 0.6) is 5.75 Å². The van der Waals surface area contributed by atoms with Crippen LogP contribution in [0, 0.1) is 0 Å². The molecule has 0 unspecified atom stereocenters. The van der Waals surface area contributed by atoms with Gasteiger partial charge in [0.05, 0.1) is 14.2 Å². The number of nitrogens with one attached hydrogen (secondary N) is 1. The normalized spacial score (nSPS) is 22.0. The molecule has 1 aromatic rings. The lowest BCUT2D eigenvalue weighted by atomic mass is 10.0. The predicted octanol–water partition coefficient (Wildman–Crippen LogP) is 1.02. The van der Waals surface area contributed by atoms with Crippen LogP contribution in [0.3, 0.4) is 0 Å². The molecule has 1 aliphatic rings. The fraction of sp³-hybridized carbons (Fsp3) is 0.333. The van der Waals surface area contributed by atoms with Gasteiger partial charge in [0.2, 0.25) is 6.10 Å². The molecule has 0 aliphatic carbocycles. The van der Waals surface area contributed by atoms with Crippen LogP contribution in [0.15, 0.2) is 24.3 Å². The van der Waals surface area contributed by atoms with Gasteiger partial charge in [0.1, 0.15) is 11.8 Å². The molecule has 0 bridgehead atoms. The zero-order valence-corrected chi connectivity index (χ0v) is 10.0. The molecule has 1 heterocycles. The fourth-order valence-electron chi connectivity index (χ4n) is 1.79. The molecule has 1 aliphatic heterocycles. The second-order valence-electron chi connectivity index (χ2n) is 3.74. The van der Waals surface area contributed by atoms with Crippen molar-refractivity contribution in [3.8, 4) is 5.75 Å². The number of hydrogen-bond acceptors (Lipinski definition) is 5. The molecule has 96 valence electrons. The third-order valence-corrected chi connectivity index (χ3v) is 2.72. The topological polar surface area (TPSA) is 73.9 Å². The number of alkyl carbamates (subject to hydrolysis) is 1. The third-order valence-electron chi connectivity index (χ3n) is 2.72. The summed E-state index contributed by atoms with van der Waals surface area (Å²) in [4.78, 5) is 22.7. The number of ether oxygens (including phenoxy) is 3. The molecule has 0 aromatic heterocycles. The molecule has 1 fully saturated rings. The van der Waals surface area contributed by atoms with Gasteiger partial charge < -0.3 is 19.5 Å². The molecular formula is C12H13NO5. The van der Waals surface area contributed by atoms with E-state index in [1.54, 1.807) is 31.4 Å². The third kappa shape index (κ3) is 2.22. The van der Waals surface area contributed by atoms with Gasteiger partial charge in [0.15, 0.2) is 0 Å². The summed E-state index contributed by atoms with van der Waals surface area (Å²) in [5.41, 5.74) is 0.747. The van der Waals surface area contributed by atoms with Gasteiger partial charge in [-0.25, -0.2) is 9.59 Å². The van der Waals surface area contributed by atoms with Crippen molar-refractivity contribution in [2.45, 2.75) is 12.1 Å². The minimum Gasteiger partial charge on any atom is -0.497 e. The summed E-state index contributed by atoms with van der Waals surface area (Å²) >= 11 is 0. The molecule has 6 heteroatoms. The Morgan fingerprint density at radius 2 is 1.94 bits per heavy atom. The number of hydrogen-bond donors (Lipinski definition) is 1. The Bertz CT molecular complexity index is 456. The van der Waals surface area contributed by atoms with Crippen molar-refractivity contribution in [1.82, 2.24) is 5.32 Å². The molecule has 0 spiro atoms. The summed E-state index contributed by atoms with van der Waals surface area (Å²) in [5.74, 6) is 0.104. The van der Waals surface area contributed by atoms with Gasteiger partial charge in [0.25, 0.3) is 0 Å². The van der Waals surface area contributed by atoms with E-state index in [1.165, 1.54) is 7.11 Å². The average molecular weight is 251 g/mol. The van der Waals surface area contributed by atoms with Gasteiger partial charge in [-0.15, -0.1) is 0 Å². The number of amides is 1. The SMILES string of the molecule is COC(=O)[C@@H]1OC(=O)N[C@@H]1c1ccc(OC)cc1. The van der Waals surface area contributed by atoms with E-state index in [9.17, 15) is 9.59 Å². The highest BCUT2D eigenvalue weighted by atomic mass is 16.6. The van der Waals surface area contributed by atoms with Crippen molar-refractivity contribution in [2.75, 3.05) is 14.2 Å². The van der Waals surface area contributed by atoms with Gasteiger partial charge in [-0.2, -0.15) is 0 Å². The van der Waals surface area contributed by atoms with Crippen molar-refractivity contribution in [3.05, 3.63) is 29.8 Å². The summed E-state index contributed by atoms with van der Waals surface area (Å²) < 4.78 is 14.5.